The Morgan fingerprint density at radius 3 is 1.91 bits per heavy atom. The van der Waals surface area contributed by atoms with Crippen LogP contribution in [0, 0.1) is 12.7 Å². The van der Waals surface area contributed by atoms with E-state index in [-0.39, 0.29) is 53.7 Å². The number of halogens is 3. The Hall–Kier alpha value is 0.366. The summed E-state index contributed by atoms with van der Waals surface area (Å²) in [6, 6.07) is 6.42. The Morgan fingerprint density at radius 1 is 1.18 bits per heavy atom. The summed E-state index contributed by atoms with van der Waals surface area (Å²) in [4.78, 5) is 0. The first kappa shape index (κ1) is 17.5. The van der Waals surface area contributed by atoms with Gasteiger partial charge in [0.05, 0.1) is 0 Å². The minimum atomic E-state index is -0.243. The molecule has 0 atom stereocenters. The van der Waals surface area contributed by atoms with Gasteiger partial charge in [-0.3, -0.25) is 4.39 Å². The molecule has 58 valence electrons. The Kier molecular flexibility index (Phi) is 13.4. The predicted molar refractivity (Wildman–Crippen MR) is 43.9 cm³/mol. The zero-order valence-corrected chi connectivity index (χ0v) is 8.87. The van der Waals surface area contributed by atoms with Crippen molar-refractivity contribution in [2.24, 2.45) is 0 Å². The van der Waals surface area contributed by atoms with Gasteiger partial charge in [-0.05, 0) is 0 Å². The summed E-state index contributed by atoms with van der Waals surface area (Å²) in [6.45, 7) is 3.45. The molecule has 1 aromatic carbocycles. The molecule has 0 saturated heterocycles. The van der Waals surface area contributed by atoms with E-state index in [0.717, 1.165) is 0 Å². The predicted octanol–water partition coefficient (Wildman–Crippen LogP) is -0.947. The minimum absolute atomic E-state index is 0. The zero-order valence-electron chi connectivity index (χ0n) is 5.89. The van der Waals surface area contributed by atoms with Gasteiger partial charge >= 0.3 is 23.1 Å². The van der Waals surface area contributed by atoms with Gasteiger partial charge < -0.3 is 12.4 Å². The molecule has 0 aliphatic carbocycles. The van der Waals surface area contributed by atoms with E-state index >= 15 is 0 Å². The van der Waals surface area contributed by atoms with Crippen LogP contribution in [0.3, 0.4) is 0 Å². The Labute approximate surface area is 94.5 Å². The number of hydrogen-bond donors (Lipinski definition) is 0. The van der Waals surface area contributed by atoms with Crippen LogP contribution in [0.2, 0.25) is 0 Å². The molecule has 0 radical (unpaired) electrons. The van der Waals surface area contributed by atoms with Crippen molar-refractivity contribution in [3.63, 3.8) is 0 Å². The van der Waals surface area contributed by atoms with Crippen LogP contribution in [0.4, 0.5) is 4.39 Å². The molecular formula is C7H7Cl2FMg. The molecule has 11 heavy (non-hydrogen) atoms. The number of hydrogen-bond acceptors (Lipinski definition) is 0. The normalized spacial score (nSPS) is 6.64. The van der Waals surface area contributed by atoms with Gasteiger partial charge in [-0.25, -0.2) is 0 Å². The second-order valence-corrected chi connectivity index (χ2v) is 1.59. The van der Waals surface area contributed by atoms with E-state index in [2.05, 4.69) is 6.92 Å². The van der Waals surface area contributed by atoms with Crippen LogP contribution in [0.25, 0.3) is 0 Å². The molecule has 0 nitrogen and oxygen atoms in total. The van der Waals surface area contributed by atoms with Gasteiger partial charge in [0.2, 0.25) is 0 Å². The summed E-state index contributed by atoms with van der Waals surface area (Å²) in [6.07, 6.45) is 0. The van der Waals surface area contributed by atoms with Gasteiger partial charge in [0, 0.05) is 5.82 Å². The van der Waals surface area contributed by atoms with Crippen LogP contribution in [-0.4, -0.2) is 23.1 Å². The first-order chi connectivity index (χ1) is 3.80. The summed E-state index contributed by atoms with van der Waals surface area (Å²) in [5.74, 6) is -0.243. The van der Waals surface area contributed by atoms with Crippen molar-refractivity contribution >= 4 is 35.5 Å². The topological polar surface area (TPSA) is 0 Å². The van der Waals surface area contributed by atoms with Crippen molar-refractivity contribution in [2.45, 2.75) is 0 Å². The van der Waals surface area contributed by atoms with Crippen molar-refractivity contribution in [3.8, 4) is 0 Å². The molecule has 0 aliphatic rings. The first-order valence-corrected chi connectivity index (χ1v) is 2.37. The van der Waals surface area contributed by atoms with Crippen molar-refractivity contribution in [2.75, 3.05) is 0 Å². The van der Waals surface area contributed by atoms with Crippen LogP contribution >= 0.6 is 12.4 Å². The molecule has 0 N–H and O–H groups in total. The van der Waals surface area contributed by atoms with Crippen molar-refractivity contribution in [1.29, 1.82) is 0 Å². The summed E-state index contributed by atoms with van der Waals surface area (Å²) in [5.41, 5.74) is 0.451. The molecule has 0 unspecified atom stereocenters. The van der Waals surface area contributed by atoms with E-state index in [9.17, 15) is 4.39 Å². The average molecular weight is 205 g/mol. The van der Waals surface area contributed by atoms with Gasteiger partial charge in [-0.2, -0.15) is 18.6 Å². The van der Waals surface area contributed by atoms with Crippen molar-refractivity contribution in [3.05, 3.63) is 42.6 Å². The van der Waals surface area contributed by atoms with Crippen LogP contribution in [0.1, 0.15) is 5.56 Å². The van der Waals surface area contributed by atoms with Gasteiger partial charge in [0.15, 0.2) is 0 Å². The quantitative estimate of drug-likeness (QED) is 0.378. The standard InChI is InChI=1S/C7H6F.2ClH.Mg/c1-6-4-2-3-5-7(6)8;;;/h2-5H,1H2;2*1H;/q-1;;;+2/p-1. The minimum Gasteiger partial charge on any atom is -1.00 e. The monoisotopic (exact) mass is 204 g/mol. The van der Waals surface area contributed by atoms with E-state index in [1.54, 1.807) is 18.2 Å². The van der Waals surface area contributed by atoms with Crippen LogP contribution in [0.5, 0.6) is 0 Å². The van der Waals surface area contributed by atoms with Crippen LogP contribution in [0.15, 0.2) is 24.3 Å². The van der Waals surface area contributed by atoms with E-state index in [0.29, 0.717) is 5.56 Å². The fourth-order valence-electron chi connectivity index (χ4n) is 0.498. The van der Waals surface area contributed by atoms with E-state index in [4.69, 9.17) is 0 Å². The van der Waals surface area contributed by atoms with Crippen LogP contribution < -0.4 is 12.4 Å². The van der Waals surface area contributed by atoms with E-state index < -0.39 is 0 Å². The first-order valence-electron chi connectivity index (χ1n) is 2.37. The molecule has 4 heteroatoms. The third-order valence-electron chi connectivity index (χ3n) is 0.958. The Bertz CT molecular complexity index is 173. The maximum atomic E-state index is 12.3. The molecule has 0 heterocycles. The molecule has 0 fully saturated rings. The third-order valence-corrected chi connectivity index (χ3v) is 0.958. The average Bonchev–Trinajstić information content (AvgIpc) is 1.77. The number of benzene rings is 1. The summed E-state index contributed by atoms with van der Waals surface area (Å²) < 4.78 is 12.3. The second-order valence-electron chi connectivity index (χ2n) is 1.59. The van der Waals surface area contributed by atoms with Gasteiger partial charge in [-0.1, -0.05) is 12.1 Å². The Balaban J connectivity index is -0.000000213. The molecule has 1 aromatic rings. The smallest absolute Gasteiger partial charge is 1.00 e. The Morgan fingerprint density at radius 2 is 1.64 bits per heavy atom. The summed E-state index contributed by atoms with van der Waals surface area (Å²) in [5, 5.41) is 0. The SMILES string of the molecule is Cl.[CH2-]c1ccccc1F.[Cl-].[Mg+2]. The fraction of sp³-hybridized carbons (Fsp3) is 0. The number of rotatable bonds is 0. The molecule has 1 rings (SSSR count). The molecule has 0 bridgehead atoms. The van der Waals surface area contributed by atoms with E-state index in [1.807, 2.05) is 0 Å². The van der Waals surface area contributed by atoms with Crippen molar-refractivity contribution < 1.29 is 16.8 Å². The third kappa shape index (κ3) is 5.62. The zero-order chi connectivity index (χ0) is 5.98. The van der Waals surface area contributed by atoms with Gasteiger partial charge in [0.25, 0.3) is 0 Å². The summed E-state index contributed by atoms with van der Waals surface area (Å²) in [7, 11) is 0. The maximum absolute atomic E-state index is 12.3. The van der Waals surface area contributed by atoms with Crippen LogP contribution in [-0.2, 0) is 0 Å². The molecule has 0 aromatic heterocycles. The van der Waals surface area contributed by atoms with Gasteiger partial charge in [0.1, 0.15) is 0 Å². The second kappa shape index (κ2) is 8.46. The summed E-state index contributed by atoms with van der Waals surface area (Å²) >= 11 is 0. The van der Waals surface area contributed by atoms with Crippen molar-refractivity contribution in [1.82, 2.24) is 0 Å². The molecular weight excluding hydrogens is 198 g/mol. The van der Waals surface area contributed by atoms with Gasteiger partial charge in [-0.15, -0.1) is 18.5 Å². The van der Waals surface area contributed by atoms with E-state index in [1.165, 1.54) is 6.07 Å². The molecule has 0 aliphatic heterocycles. The fourth-order valence-corrected chi connectivity index (χ4v) is 0.498. The molecule has 0 amide bonds. The largest absolute Gasteiger partial charge is 2.00 e. The molecule has 0 saturated carbocycles. The molecule has 0 spiro atoms. The maximum Gasteiger partial charge on any atom is 2.00 e.